The molecule has 278 valence electrons. The van der Waals surface area contributed by atoms with Gasteiger partial charge in [-0.15, -0.1) is 0 Å². The summed E-state index contributed by atoms with van der Waals surface area (Å²) in [5.74, 6) is 4.08. The van der Waals surface area contributed by atoms with E-state index in [9.17, 15) is 0 Å². The van der Waals surface area contributed by atoms with Crippen LogP contribution in [0.2, 0.25) is 0 Å². The van der Waals surface area contributed by atoms with Crippen molar-refractivity contribution >= 4 is 0 Å². The van der Waals surface area contributed by atoms with Crippen LogP contribution in [0, 0.1) is 34.5 Å². The fraction of sp³-hybridized carbons (Fsp3) is 1.00. The number of hydrogen-bond acceptors (Lipinski definition) is 5. The Morgan fingerprint density at radius 3 is 1.44 bits per heavy atom. The van der Waals surface area contributed by atoms with Gasteiger partial charge in [-0.3, -0.25) is 0 Å². The molecule has 7 saturated heterocycles. The lowest BCUT2D eigenvalue weighted by molar-refractivity contribution is 0.00820. The van der Waals surface area contributed by atoms with Gasteiger partial charge in [0.25, 0.3) is 0 Å². The Balaban J connectivity index is 0.000000105. The highest BCUT2D eigenvalue weighted by Gasteiger charge is 2.45. The molecule has 10 bridgehead atoms. The first-order valence-corrected chi connectivity index (χ1v) is 21.3. The lowest BCUT2D eigenvalue weighted by atomic mass is 9.69. The van der Waals surface area contributed by atoms with Crippen LogP contribution in [0.1, 0.15) is 144 Å². The highest BCUT2D eigenvalue weighted by molar-refractivity contribution is 4.99. The molecule has 7 heterocycles. The third-order valence-electron chi connectivity index (χ3n) is 16.8. The molecule has 0 N–H and O–H groups in total. The molecule has 12 rings (SSSR count). The third-order valence-corrected chi connectivity index (χ3v) is 16.8. The van der Waals surface area contributed by atoms with Crippen molar-refractivity contribution in [3.63, 3.8) is 0 Å². The van der Waals surface area contributed by atoms with Crippen LogP contribution < -0.4 is 0 Å². The van der Waals surface area contributed by atoms with Gasteiger partial charge in [-0.1, -0.05) is 27.2 Å². The standard InChI is InChI=1S/3C9H17N.2C8H15N/c1-9-5-3-8(4-6-9)10(2)7-9;1-7-5-8-3-4-9(7)10(2)6-8;1-7-8-4-3-5-9(6-8)10(7)2;1-8-4-3-7(5-8)9(2)6-8;1-6-7-3-4-8(5-7)9(6)2/h8H,3-7H2,1-2H3;2*7-9H,3-6H2,1-2H3;7H,3-6H2,1-2H3;6-8H,3-5H2,1-2H3. The zero-order valence-corrected chi connectivity index (χ0v) is 33.7. The van der Waals surface area contributed by atoms with E-state index in [1.165, 1.54) is 129 Å². The predicted octanol–water partition coefficient (Wildman–Crippen LogP) is 8.48. The SMILES string of the molecule is CC1C2CCC(C2)N1C.CC1C2CCCC(C2)N1C.CC1CC2CCC1N(C)C2.CN1CC2(C)CCC1C2.CN1CC2(C)CCC1CC2. The van der Waals surface area contributed by atoms with Gasteiger partial charge in [0.1, 0.15) is 0 Å². The Bertz CT molecular complexity index is 973. The first-order chi connectivity index (χ1) is 22.7. The first-order valence-electron chi connectivity index (χ1n) is 21.3. The predicted molar refractivity (Wildman–Crippen MR) is 206 cm³/mol. The monoisotopic (exact) mass is 668 g/mol. The summed E-state index contributed by atoms with van der Waals surface area (Å²) in [7, 11) is 11.4. The lowest BCUT2D eigenvalue weighted by Gasteiger charge is -2.50. The van der Waals surface area contributed by atoms with Crippen molar-refractivity contribution in [1.29, 1.82) is 0 Å². The molecular weight excluding hydrogens is 587 g/mol. The van der Waals surface area contributed by atoms with Crippen molar-refractivity contribution in [2.45, 2.75) is 186 Å². The van der Waals surface area contributed by atoms with E-state index >= 15 is 0 Å². The van der Waals surface area contributed by atoms with E-state index in [1.54, 1.807) is 0 Å². The fourth-order valence-corrected chi connectivity index (χ4v) is 13.2. The summed E-state index contributed by atoms with van der Waals surface area (Å²) in [6.45, 7) is 16.1. The van der Waals surface area contributed by atoms with Crippen LogP contribution >= 0.6 is 0 Å². The van der Waals surface area contributed by atoms with Gasteiger partial charge in [0.2, 0.25) is 0 Å². The third kappa shape index (κ3) is 8.37. The first kappa shape index (κ1) is 37.6. The van der Waals surface area contributed by atoms with Gasteiger partial charge in [-0.2, -0.15) is 0 Å². The van der Waals surface area contributed by atoms with E-state index in [2.05, 4.69) is 94.4 Å². The number of hydrogen-bond donors (Lipinski definition) is 0. The van der Waals surface area contributed by atoms with E-state index < -0.39 is 0 Å². The molecular formula is C43H81N5. The number of piperidine rings is 6. The van der Waals surface area contributed by atoms with Crippen LogP contribution in [-0.4, -0.2) is 122 Å². The molecule has 0 amide bonds. The van der Waals surface area contributed by atoms with Crippen molar-refractivity contribution in [3.8, 4) is 0 Å². The molecule has 48 heavy (non-hydrogen) atoms. The minimum atomic E-state index is 0.684. The normalized spacial score (nSPS) is 49.0. The van der Waals surface area contributed by atoms with E-state index in [-0.39, 0.29) is 0 Å². The molecule has 11 atom stereocenters. The Morgan fingerprint density at radius 2 is 1.06 bits per heavy atom. The fourth-order valence-electron chi connectivity index (χ4n) is 13.2. The number of fused-ring (bicyclic) bond motifs is 12. The van der Waals surface area contributed by atoms with Crippen LogP contribution in [0.4, 0.5) is 0 Å². The second-order valence-electron chi connectivity index (χ2n) is 20.4. The van der Waals surface area contributed by atoms with E-state index in [4.69, 9.17) is 0 Å². The summed E-state index contributed by atoms with van der Waals surface area (Å²) in [5.41, 5.74) is 1.39. The van der Waals surface area contributed by atoms with Gasteiger partial charge < -0.3 is 24.5 Å². The van der Waals surface area contributed by atoms with E-state index in [0.29, 0.717) is 10.8 Å². The summed E-state index contributed by atoms with van der Waals surface area (Å²) in [6.07, 6.45) is 25.0. The Kier molecular flexibility index (Phi) is 12.1. The van der Waals surface area contributed by atoms with Crippen molar-refractivity contribution in [1.82, 2.24) is 24.5 Å². The minimum Gasteiger partial charge on any atom is -0.303 e. The van der Waals surface area contributed by atoms with Crippen molar-refractivity contribution in [3.05, 3.63) is 0 Å². The van der Waals surface area contributed by atoms with Gasteiger partial charge in [0, 0.05) is 61.9 Å². The van der Waals surface area contributed by atoms with Crippen LogP contribution in [0.3, 0.4) is 0 Å². The van der Waals surface area contributed by atoms with Crippen molar-refractivity contribution in [2.75, 3.05) is 54.9 Å². The van der Waals surface area contributed by atoms with Gasteiger partial charge >= 0.3 is 0 Å². The maximum absolute atomic E-state index is 2.58. The van der Waals surface area contributed by atoms with Crippen molar-refractivity contribution < 1.29 is 0 Å². The highest BCUT2D eigenvalue weighted by atomic mass is 15.2. The Morgan fingerprint density at radius 1 is 0.500 bits per heavy atom. The molecule has 11 unspecified atom stereocenters. The van der Waals surface area contributed by atoms with Gasteiger partial charge in [0.15, 0.2) is 0 Å². The largest absolute Gasteiger partial charge is 0.303 e. The quantitative estimate of drug-likeness (QED) is 0.257. The van der Waals surface area contributed by atoms with Crippen molar-refractivity contribution in [2.24, 2.45) is 34.5 Å². The molecule has 5 heteroatoms. The summed E-state index contributed by atoms with van der Waals surface area (Å²) in [4.78, 5) is 12.8. The molecule has 0 spiro atoms. The average molecular weight is 668 g/mol. The number of nitrogens with zero attached hydrogens (tertiary/aromatic N) is 5. The topological polar surface area (TPSA) is 16.2 Å². The van der Waals surface area contributed by atoms with E-state index in [1.807, 2.05) is 0 Å². The highest BCUT2D eigenvalue weighted by Crippen LogP contribution is 2.46. The van der Waals surface area contributed by atoms with Crippen LogP contribution in [0.5, 0.6) is 0 Å². The Hall–Kier alpha value is -0.200. The second kappa shape index (κ2) is 15.4. The van der Waals surface area contributed by atoms with Crippen LogP contribution in [0.15, 0.2) is 0 Å². The molecule has 12 aliphatic rings. The maximum Gasteiger partial charge on any atom is 0.0118 e. The second-order valence-corrected chi connectivity index (χ2v) is 20.4. The summed E-state index contributed by atoms with van der Waals surface area (Å²) in [6, 6.07) is 6.43. The lowest BCUT2D eigenvalue weighted by Crippen LogP contribution is -2.50. The molecule has 5 saturated carbocycles. The summed E-state index contributed by atoms with van der Waals surface area (Å²) in [5, 5.41) is 0. The summed E-state index contributed by atoms with van der Waals surface area (Å²) < 4.78 is 0. The summed E-state index contributed by atoms with van der Waals surface area (Å²) >= 11 is 0. The smallest absolute Gasteiger partial charge is 0.0118 e. The molecule has 0 aromatic carbocycles. The van der Waals surface area contributed by atoms with Crippen LogP contribution in [-0.2, 0) is 0 Å². The number of rotatable bonds is 0. The van der Waals surface area contributed by atoms with Gasteiger partial charge in [-0.25, -0.2) is 0 Å². The maximum atomic E-state index is 2.58. The number of likely N-dealkylation sites (tertiary alicyclic amines) is 3. The zero-order chi connectivity index (χ0) is 34.4. The zero-order valence-electron chi connectivity index (χ0n) is 33.7. The molecule has 12 fully saturated rings. The molecule has 0 radical (unpaired) electrons. The van der Waals surface area contributed by atoms with Crippen LogP contribution in [0.25, 0.3) is 0 Å². The minimum absolute atomic E-state index is 0.684. The van der Waals surface area contributed by atoms with Gasteiger partial charge in [0.05, 0.1) is 0 Å². The van der Waals surface area contributed by atoms with E-state index in [0.717, 1.165) is 66.0 Å². The Labute approximate surface area is 299 Å². The molecule has 0 aromatic rings. The van der Waals surface area contributed by atoms with Gasteiger partial charge in [-0.05, 0) is 186 Å². The molecule has 5 nitrogen and oxygen atoms in total. The molecule has 7 aliphatic heterocycles. The molecule has 0 aromatic heterocycles. The average Bonchev–Trinajstić information content (AvgIpc) is 3.86. The molecule has 5 aliphatic carbocycles.